The number of hydrogen-bond donors (Lipinski definition) is 2. The number of anilines is 2. The molecule has 0 aliphatic carbocycles. The number of urea groups is 1. The summed E-state index contributed by atoms with van der Waals surface area (Å²) in [5, 5.41) is 4.07. The fraction of sp³-hybridized carbons (Fsp3) is 0.385. The van der Waals surface area contributed by atoms with E-state index in [-0.39, 0.29) is 18.2 Å². The number of nitrogens with zero attached hydrogens (tertiary/aromatic N) is 1. The lowest BCUT2D eigenvalue weighted by Crippen LogP contribution is -2.45. The van der Waals surface area contributed by atoms with Crippen LogP contribution in [0.4, 0.5) is 29.3 Å². The molecule has 0 saturated heterocycles. The van der Waals surface area contributed by atoms with Crippen molar-refractivity contribution in [2.24, 2.45) is 0 Å². The van der Waals surface area contributed by atoms with Gasteiger partial charge >= 0.3 is 12.2 Å². The molecule has 0 fully saturated rings. The zero-order valence-electron chi connectivity index (χ0n) is 11.8. The molecular formula is C13H14F3N3O3. The molecule has 1 aromatic rings. The zero-order chi connectivity index (χ0) is 16.5. The van der Waals surface area contributed by atoms with Crippen molar-refractivity contribution in [2.75, 3.05) is 23.9 Å². The molecular weight excluding hydrogens is 303 g/mol. The molecule has 9 heteroatoms. The van der Waals surface area contributed by atoms with Gasteiger partial charge in [-0.2, -0.15) is 13.2 Å². The second kappa shape index (κ2) is 5.74. The number of rotatable bonds is 2. The third-order valence-electron chi connectivity index (χ3n) is 3.14. The minimum atomic E-state index is -4.51. The average Bonchev–Trinajstić information content (AvgIpc) is 2.42. The van der Waals surface area contributed by atoms with Crippen molar-refractivity contribution in [1.29, 1.82) is 0 Å². The highest BCUT2D eigenvalue weighted by atomic mass is 19.4. The molecule has 3 amide bonds. The molecule has 1 heterocycles. The standard InChI is InChI=1S/C13H14F3N3O3/c1-7(13(14,15)16)17-12(21)18-8-3-4-9-10(5-8)22-6-11(20)19(9)2/h3-5,7H,6H2,1-2H3,(H2,17,18,21)/t7-/m1/s1. The van der Waals surface area contributed by atoms with Gasteiger partial charge in [-0.25, -0.2) is 4.79 Å². The number of amides is 3. The van der Waals surface area contributed by atoms with Crippen LogP contribution < -0.4 is 20.3 Å². The van der Waals surface area contributed by atoms with E-state index in [4.69, 9.17) is 4.74 Å². The normalized spacial score (nSPS) is 15.7. The lowest BCUT2D eigenvalue weighted by atomic mass is 10.2. The Morgan fingerprint density at radius 3 is 2.73 bits per heavy atom. The van der Waals surface area contributed by atoms with Crippen molar-refractivity contribution in [3.63, 3.8) is 0 Å². The lowest BCUT2D eigenvalue weighted by molar-refractivity contribution is -0.148. The Hall–Kier alpha value is -2.45. The number of alkyl halides is 3. The highest BCUT2D eigenvalue weighted by molar-refractivity contribution is 5.98. The second-order valence-corrected chi connectivity index (χ2v) is 4.79. The number of fused-ring (bicyclic) bond motifs is 1. The molecule has 22 heavy (non-hydrogen) atoms. The van der Waals surface area contributed by atoms with E-state index in [1.807, 2.05) is 0 Å². The van der Waals surface area contributed by atoms with Gasteiger partial charge in [0, 0.05) is 18.8 Å². The van der Waals surface area contributed by atoms with Gasteiger partial charge in [-0.1, -0.05) is 0 Å². The number of halogens is 3. The Morgan fingerprint density at radius 2 is 2.09 bits per heavy atom. The Labute approximate surface area is 124 Å². The highest BCUT2D eigenvalue weighted by Gasteiger charge is 2.37. The molecule has 0 bridgehead atoms. The van der Waals surface area contributed by atoms with E-state index in [1.165, 1.54) is 23.1 Å². The molecule has 1 aromatic carbocycles. The summed E-state index contributed by atoms with van der Waals surface area (Å²) in [5.74, 6) is 0.147. The fourth-order valence-corrected chi connectivity index (χ4v) is 1.80. The minimum absolute atomic E-state index is 0.135. The van der Waals surface area contributed by atoms with Crippen molar-refractivity contribution in [2.45, 2.75) is 19.1 Å². The van der Waals surface area contributed by atoms with E-state index < -0.39 is 18.2 Å². The van der Waals surface area contributed by atoms with Gasteiger partial charge < -0.3 is 20.3 Å². The Bertz CT molecular complexity index is 604. The molecule has 1 aliphatic rings. The zero-order valence-corrected chi connectivity index (χ0v) is 11.8. The number of nitrogens with one attached hydrogen (secondary N) is 2. The largest absolute Gasteiger partial charge is 0.481 e. The summed E-state index contributed by atoms with van der Waals surface area (Å²) in [5.41, 5.74) is 0.777. The summed E-state index contributed by atoms with van der Waals surface area (Å²) in [6, 6.07) is 1.50. The first kappa shape index (κ1) is 15.9. The number of likely N-dealkylation sites (N-methyl/N-ethyl adjacent to an activating group) is 1. The van der Waals surface area contributed by atoms with E-state index in [9.17, 15) is 22.8 Å². The first-order valence-corrected chi connectivity index (χ1v) is 6.36. The Balaban J connectivity index is 2.06. The van der Waals surface area contributed by atoms with Gasteiger partial charge in [0.25, 0.3) is 5.91 Å². The van der Waals surface area contributed by atoms with Gasteiger partial charge in [-0.15, -0.1) is 0 Å². The number of carbonyl (C=O) groups is 2. The van der Waals surface area contributed by atoms with E-state index in [1.54, 1.807) is 12.4 Å². The van der Waals surface area contributed by atoms with Gasteiger partial charge in [0.15, 0.2) is 6.61 Å². The lowest BCUT2D eigenvalue weighted by Gasteiger charge is -2.26. The van der Waals surface area contributed by atoms with Gasteiger partial charge in [-0.05, 0) is 19.1 Å². The van der Waals surface area contributed by atoms with Gasteiger partial charge in [0.05, 0.1) is 5.69 Å². The molecule has 1 aliphatic heterocycles. The van der Waals surface area contributed by atoms with Crippen LogP contribution in [0.5, 0.6) is 5.75 Å². The monoisotopic (exact) mass is 317 g/mol. The van der Waals surface area contributed by atoms with Gasteiger partial charge in [-0.3, -0.25) is 4.79 Å². The second-order valence-electron chi connectivity index (χ2n) is 4.79. The average molecular weight is 317 g/mol. The SMILES string of the molecule is C[C@@H](NC(=O)Nc1ccc2c(c1)OCC(=O)N2C)C(F)(F)F. The predicted octanol–water partition coefficient (Wildman–Crippen LogP) is 2.11. The molecule has 0 unspecified atom stereocenters. The summed E-state index contributed by atoms with van der Waals surface area (Å²) in [4.78, 5) is 24.4. The van der Waals surface area contributed by atoms with Gasteiger partial charge in [0.2, 0.25) is 0 Å². The van der Waals surface area contributed by atoms with Crippen LogP contribution in [-0.2, 0) is 4.79 Å². The van der Waals surface area contributed by atoms with Crippen LogP contribution in [0, 0.1) is 0 Å². The summed E-state index contributed by atoms with van der Waals surface area (Å²) in [6.45, 7) is 0.709. The van der Waals surface area contributed by atoms with Crippen LogP contribution in [-0.4, -0.2) is 37.8 Å². The number of carbonyl (C=O) groups excluding carboxylic acids is 2. The predicted molar refractivity (Wildman–Crippen MR) is 73.0 cm³/mol. The van der Waals surface area contributed by atoms with Crippen LogP contribution in [0.15, 0.2) is 18.2 Å². The summed E-state index contributed by atoms with van der Waals surface area (Å²) >= 11 is 0. The Morgan fingerprint density at radius 1 is 1.41 bits per heavy atom. The number of benzene rings is 1. The van der Waals surface area contributed by atoms with Crippen molar-refractivity contribution < 1.29 is 27.5 Å². The molecule has 0 radical (unpaired) electrons. The van der Waals surface area contributed by atoms with Crippen LogP contribution >= 0.6 is 0 Å². The molecule has 120 valence electrons. The van der Waals surface area contributed by atoms with E-state index in [2.05, 4.69) is 5.32 Å². The Kier molecular flexibility index (Phi) is 4.16. The van der Waals surface area contributed by atoms with Crippen molar-refractivity contribution in [3.8, 4) is 5.75 Å². The van der Waals surface area contributed by atoms with E-state index >= 15 is 0 Å². The summed E-state index contributed by atoms with van der Waals surface area (Å²) in [6.07, 6.45) is -4.51. The maximum atomic E-state index is 12.4. The topological polar surface area (TPSA) is 70.7 Å². The first-order chi connectivity index (χ1) is 10.2. The van der Waals surface area contributed by atoms with Gasteiger partial charge in [0.1, 0.15) is 11.8 Å². The fourth-order valence-electron chi connectivity index (χ4n) is 1.80. The minimum Gasteiger partial charge on any atom is -0.481 e. The third-order valence-corrected chi connectivity index (χ3v) is 3.14. The highest BCUT2D eigenvalue weighted by Crippen LogP contribution is 2.33. The first-order valence-electron chi connectivity index (χ1n) is 6.36. The molecule has 2 rings (SSSR count). The molecule has 6 nitrogen and oxygen atoms in total. The molecule has 2 N–H and O–H groups in total. The van der Waals surface area contributed by atoms with E-state index in [0.29, 0.717) is 11.4 Å². The van der Waals surface area contributed by atoms with Crippen LogP contribution in [0.3, 0.4) is 0 Å². The van der Waals surface area contributed by atoms with Crippen LogP contribution in [0.1, 0.15) is 6.92 Å². The van der Waals surface area contributed by atoms with E-state index in [0.717, 1.165) is 6.92 Å². The maximum Gasteiger partial charge on any atom is 0.408 e. The summed E-state index contributed by atoms with van der Waals surface area (Å²) < 4.78 is 42.3. The smallest absolute Gasteiger partial charge is 0.408 e. The molecule has 0 spiro atoms. The summed E-state index contributed by atoms with van der Waals surface area (Å²) in [7, 11) is 1.58. The van der Waals surface area contributed by atoms with Crippen molar-refractivity contribution in [1.82, 2.24) is 5.32 Å². The van der Waals surface area contributed by atoms with Crippen LogP contribution in [0.2, 0.25) is 0 Å². The maximum absolute atomic E-state index is 12.4. The number of ether oxygens (including phenoxy) is 1. The quantitative estimate of drug-likeness (QED) is 0.878. The number of hydrogen-bond acceptors (Lipinski definition) is 3. The van der Waals surface area contributed by atoms with Crippen molar-refractivity contribution >= 4 is 23.3 Å². The third kappa shape index (κ3) is 3.41. The molecule has 1 atom stereocenters. The van der Waals surface area contributed by atoms with Crippen LogP contribution in [0.25, 0.3) is 0 Å². The van der Waals surface area contributed by atoms with Crippen molar-refractivity contribution in [3.05, 3.63) is 18.2 Å². The molecule has 0 aromatic heterocycles. The molecule has 0 saturated carbocycles.